The van der Waals surface area contributed by atoms with Crippen molar-refractivity contribution in [2.45, 2.75) is 0 Å². The molecule has 6 nitrogen and oxygen atoms in total. The van der Waals surface area contributed by atoms with Crippen molar-refractivity contribution in [3.63, 3.8) is 0 Å². The number of methoxy groups -OCH3 is 2. The average Bonchev–Trinajstić information content (AvgIpc) is 2.26. The summed E-state index contributed by atoms with van der Waals surface area (Å²) in [7, 11) is 3.14. The fourth-order valence-electron chi connectivity index (χ4n) is 0.945. The number of hydrogen-bond acceptors (Lipinski definition) is 4. The molecule has 0 fully saturated rings. The molecular weight excluding hydrogens is 198 g/mol. The molecule has 1 N–H and O–H groups in total. The SMILES string of the molecule is COCCN(CCOC)C(=O)NCC#N. The van der Waals surface area contributed by atoms with Crippen LogP contribution in [0.4, 0.5) is 4.79 Å². The number of amides is 2. The molecule has 0 aliphatic carbocycles. The highest BCUT2D eigenvalue weighted by molar-refractivity contribution is 5.74. The molecule has 0 aromatic rings. The molecule has 86 valence electrons. The maximum absolute atomic E-state index is 11.5. The van der Waals surface area contributed by atoms with Gasteiger partial charge in [0, 0.05) is 27.3 Å². The lowest BCUT2D eigenvalue weighted by Crippen LogP contribution is -2.43. The third kappa shape index (κ3) is 6.71. The van der Waals surface area contributed by atoms with Crippen molar-refractivity contribution >= 4 is 6.03 Å². The second kappa shape index (κ2) is 9.24. The molecule has 0 rings (SSSR count). The van der Waals surface area contributed by atoms with Crippen molar-refractivity contribution < 1.29 is 14.3 Å². The summed E-state index contributed by atoms with van der Waals surface area (Å²) in [4.78, 5) is 13.0. The summed E-state index contributed by atoms with van der Waals surface area (Å²) < 4.78 is 9.76. The number of ether oxygens (including phenoxy) is 2. The van der Waals surface area contributed by atoms with E-state index >= 15 is 0 Å². The molecule has 0 bridgehead atoms. The summed E-state index contributed by atoms with van der Waals surface area (Å²) >= 11 is 0. The van der Waals surface area contributed by atoms with Crippen LogP contribution in [0, 0.1) is 11.3 Å². The standard InChI is InChI=1S/C9H17N3O3/c1-14-7-5-12(6-8-15-2)9(13)11-4-3-10/h4-8H2,1-2H3,(H,11,13). The van der Waals surface area contributed by atoms with Crippen LogP contribution in [0.5, 0.6) is 0 Å². The van der Waals surface area contributed by atoms with E-state index in [0.29, 0.717) is 26.3 Å². The minimum atomic E-state index is -0.273. The number of carbonyl (C=O) groups excluding carboxylic acids is 1. The molecule has 0 aliphatic heterocycles. The molecule has 0 aromatic heterocycles. The van der Waals surface area contributed by atoms with E-state index in [1.807, 2.05) is 6.07 Å². The summed E-state index contributed by atoms with van der Waals surface area (Å²) in [6, 6.07) is 1.57. The van der Waals surface area contributed by atoms with Gasteiger partial charge in [0.2, 0.25) is 0 Å². The average molecular weight is 215 g/mol. The zero-order chi connectivity index (χ0) is 11.5. The van der Waals surface area contributed by atoms with E-state index in [2.05, 4.69) is 5.32 Å². The Kier molecular flexibility index (Phi) is 8.43. The third-order valence-electron chi connectivity index (χ3n) is 1.74. The molecule has 0 saturated carbocycles. The zero-order valence-corrected chi connectivity index (χ0v) is 9.15. The van der Waals surface area contributed by atoms with E-state index in [9.17, 15) is 4.79 Å². The molecule has 0 atom stereocenters. The molecule has 0 aliphatic rings. The minimum absolute atomic E-state index is 0.00922. The fraction of sp³-hybridized carbons (Fsp3) is 0.778. The normalized spacial score (nSPS) is 9.40. The lowest BCUT2D eigenvalue weighted by Gasteiger charge is -2.21. The number of nitrogens with zero attached hydrogens (tertiary/aromatic N) is 2. The Bertz CT molecular complexity index is 207. The lowest BCUT2D eigenvalue weighted by atomic mass is 10.5. The molecule has 2 amide bonds. The minimum Gasteiger partial charge on any atom is -0.383 e. The molecule has 0 radical (unpaired) electrons. The molecule has 0 heterocycles. The van der Waals surface area contributed by atoms with Crippen molar-refractivity contribution in [3.8, 4) is 6.07 Å². The Balaban J connectivity index is 3.96. The van der Waals surface area contributed by atoms with Crippen LogP contribution >= 0.6 is 0 Å². The van der Waals surface area contributed by atoms with Crippen molar-refractivity contribution in [3.05, 3.63) is 0 Å². The molecule has 0 unspecified atom stereocenters. The van der Waals surface area contributed by atoms with Gasteiger partial charge in [-0.15, -0.1) is 0 Å². The van der Waals surface area contributed by atoms with Gasteiger partial charge in [0.15, 0.2) is 0 Å². The first kappa shape index (κ1) is 13.7. The van der Waals surface area contributed by atoms with E-state index in [0.717, 1.165) is 0 Å². The number of rotatable bonds is 7. The topological polar surface area (TPSA) is 74.6 Å². The van der Waals surface area contributed by atoms with Crippen LogP contribution in [0.3, 0.4) is 0 Å². The van der Waals surface area contributed by atoms with Crippen LogP contribution in [0.15, 0.2) is 0 Å². The molecule has 0 aromatic carbocycles. The fourth-order valence-corrected chi connectivity index (χ4v) is 0.945. The predicted octanol–water partition coefficient (Wildman–Crippen LogP) is -0.186. The second-order valence-electron chi connectivity index (χ2n) is 2.79. The van der Waals surface area contributed by atoms with Crippen molar-refractivity contribution in [2.24, 2.45) is 0 Å². The van der Waals surface area contributed by atoms with Crippen LogP contribution in [0.2, 0.25) is 0 Å². The second-order valence-corrected chi connectivity index (χ2v) is 2.79. The Morgan fingerprint density at radius 3 is 2.27 bits per heavy atom. The summed E-state index contributed by atoms with van der Waals surface area (Å²) in [6.07, 6.45) is 0. The summed E-state index contributed by atoms with van der Waals surface area (Å²) in [5.74, 6) is 0. The number of urea groups is 1. The highest BCUT2D eigenvalue weighted by Gasteiger charge is 2.11. The van der Waals surface area contributed by atoms with Crippen LogP contribution in [-0.2, 0) is 9.47 Å². The number of nitrogens with one attached hydrogen (secondary N) is 1. The molecule has 0 spiro atoms. The van der Waals surface area contributed by atoms with E-state index < -0.39 is 0 Å². The monoisotopic (exact) mass is 215 g/mol. The van der Waals surface area contributed by atoms with E-state index in [1.165, 1.54) is 0 Å². The first-order chi connectivity index (χ1) is 7.26. The first-order valence-corrected chi connectivity index (χ1v) is 4.63. The van der Waals surface area contributed by atoms with Gasteiger partial charge in [0.1, 0.15) is 6.54 Å². The number of nitriles is 1. The quantitative estimate of drug-likeness (QED) is 0.597. The van der Waals surface area contributed by atoms with Gasteiger partial charge in [0.25, 0.3) is 0 Å². The van der Waals surface area contributed by atoms with Gasteiger partial charge in [-0.25, -0.2) is 4.79 Å². The maximum Gasteiger partial charge on any atom is 0.318 e. The maximum atomic E-state index is 11.5. The molecular formula is C9H17N3O3. The molecule has 6 heteroatoms. The van der Waals surface area contributed by atoms with Crippen molar-refractivity contribution in [1.29, 1.82) is 5.26 Å². The predicted molar refractivity (Wildman–Crippen MR) is 54.3 cm³/mol. The Morgan fingerprint density at radius 1 is 1.33 bits per heavy atom. The van der Waals surface area contributed by atoms with Gasteiger partial charge in [-0.05, 0) is 0 Å². The van der Waals surface area contributed by atoms with E-state index in [-0.39, 0.29) is 12.6 Å². The highest BCUT2D eigenvalue weighted by Crippen LogP contribution is 1.90. The summed E-state index contributed by atoms with van der Waals surface area (Å²) in [6.45, 7) is 1.90. The molecule has 15 heavy (non-hydrogen) atoms. The smallest absolute Gasteiger partial charge is 0.318 e. The van der Waals surface area contributed by atoms with Gasteiger partial charge in [-0.2, -0.15) is 5.26 Å². The van der Waals surface area contributed by atoms with Gasteiger partial charge in [-0.1, -0.05) is 0 Å². The van der Waals surface area contributed by atoms with Crippen molar-refractivity contribution in [1.82, 2.24) is 10.2 Å². The van der Waals surface area contributed by atoms with Crippen molar-refractivity contribution in [2.75, 3.05) is 47.1 Å². The zero-order valence-electron chi connectivity index (χ0n) is 9.15. The van der Waals surface area contributed by atoms with E-state index in [1.54, 1.807) is 19.1 Å². The number of hydrogen-bond donors (Lipinski definition) is 1. The van der Waals surface area contributed by atoms with E-state index in [4.69, 9.17) is 14.7 Å². The van der Waals surface area contributed by atoms with Gasteiger partial charge >= 0.3 is 6.03 Å². The Morgan fingerprint density at radius 2 is 1.87 bits per heavy atom. The number of carbonyl (C=O) groups is 1. The van der Waals surface area contributed by atoms with Gasteiger partial charge < -0.3 is 19.7 Å². The molecule has 0 saturated heterocycles. The lowest BCUT2D eigenvalue weighted by molar-refractivity contribution is 0.123. The van der Waals surface area contributed by atoms with Gasteiger partial charge in [0.05, 0.1) is 19.3 Å². The van der Waals surface area contributed by atoms with Gasteiger partial charge in [-0.3, -0.25) is 0 Å². The third-order valence-corrected chi connectivity index (χ3v) is 1.74. The van der Waals surface area contributed by atoms with Crippen LogP contribution in [-0.4, -0.2) is 58.0 Å². The first-order valence-electron chi connectivity index (χ1n) is 4.63. The summed E-state index contributed by atoms with van der Waals surface area (Å²) in [5.41, 5.74) is 0. The highest BCUT2D eigenvalue weighted by atomic mass is 16.5. The van der Waals surface area contributed by atoms with Crippen LogP contribution < -0.4 is 5.32 Å². The summed E-state index contributed by atoms with van der Waals surface area (Å²) in [5, 5.41) is 10.8. The Labute approximate surface area is 89.7 Å². The Hall–Kier alpha value is -1.32. The van der Waals surface area contributed by atoms with Crippen LogP contribution in [0.25, 0.3) is 0 Å². The van der Waals surface area contributed by atoms with Crippen LogP contribution in [0.1, 0.15) is 0 Å². The largest absolute Gasteiger partial charge is 0.383 e.